The zero-order valence-electron chi connectivity index (χ0n) is 11.7. The van der Waals surface area contributed by atoms with E-state index in [-0.39, 0.29) is 11.8 Å². The van der Waals surface area contributed by atoms with Crippen molar-refractivity contribution in [3.05, 3.63) is 23.8 Å². The Morgan fingerprint density at radius 2 is 2.10 bits per heavy atom. The summed E-state index contributed by atoms with van der Waals surface area (Å²) in [7, 11) is 0. The largest absolute Gasteiger partial charge is 0.384 e. The second kappa shape index (κ2) is 4.48. The highest BCUT2D eigenvalue weighted by Crippen LogP contribution is 2.58. The van der Waals surface area contributed by atoms with Crippen LogP contribution in [0.25, 0.3) is 0 Å². The molecule has 1 saturated carbocycles. The van der Waals surface area contributed by atoms with Crippen LogP contribution < -0.4 is 16.0 Å². The van der Waals surface area contributed by atoms with E-state index in [4.69, 9.17) is 0 Å². The highest BCUT2D eigenvalue weighted by atomic mass is 16.2. The first-order valence-corrected chi connectivity index (χ1v) is 7.65. The van der Waals surface area contributed by atoms with Crippen LogP contribution in [0.3, 0.4) is 0 Å². The van der Waals surface area contributed by atoms with Crippen molar-refractivity contribution in [1.29, 1.82) is 0 Å². The van der Waals surface area contributed by atoms with Crippen molar-refractivity contribution in [2.75, 3.05) is 30.3 Å². The van der Waals surface area contributed by atoms with E-state index in [2.05, 4.69) is 28.1 Å². The van der Waals surface area contributed by atoms with Gasteiger partial charge in [0, 0.05) is 23.8 Å². The second-order valence-electron chi connectivity index (χ2n) is 6.41. The van der Waals surface area contributed by atoms with Gasteiger partial charge in [-0.15, -0.1) is 0 Å². The summed E-state index contributed by atoms with van der Waals surface area (Å²) in [4.78, 5) is 12.4. The maximum absolute atomic E-state index is 12.4. The van der Waals surface area contributed by atoms with Crippen molar-refractivity contribution in [2.24, 2.45) is 11.3 Å². The molecule has 1 saturated heterocycles. The van der Waals surface area contributed by atoms with Crippen molar-refractivity contribution < 1.29 is 4.79 Å². The predicted molar refractivity (Wildman–Crippen MR) is 79.9 cm³/mol. The van der Waals surface area contributed by atoms with E-state index in [0.717, 1.165) is 51.0 Å². The molecule has 3 aliphatic rings. The molecule has 3 N–H and O–H groups in total. The lowest BCUT2D eigenvalue weighted by atomic mass is 9.92. The Bertz CT molecular complexity index is 549. The second-order valence-corrected chi connectivity index (χ2v) is 6.41. The fourth-order valence-corrected chi connectivity index (χ4v) is 3.81. The maximum Gasteiger partial charge on any atom is 0.228 e. The number of hydrogen-bond acceptors (Lipinski definition) is 3. The first-order valence-electron chi connectivity index (χ1n) is 7.65. The minimum atomic E-state index is 0.220. The molecule has 4 nitrogen and oxygen atoms in total. The van der Waals surface area contributed by atoms with E-state index >= 15 is 0 Å². The van der Waals surface area contributed by atoms with Crippen molar-refractivity contribution in [3.63, 3.8) is 0 Å². The summed E-state index contributed by atoms with van der Waals surface area (Å²) in [6, 6.07) is 6.20. The zero-order valence-corrected chi connectivity index (χ0v) is 11.7. The molecule has 1 aliphatic carbocycles. The Morgan fingerprint density at radius 3 is 2.95 bits per heavy atom. The van der Waals surface area contributed by atoms with Crippen molar-refractivity contribution in [2.45, 2.75) is 25.7 Å². The molecule has 2 aliphatic heterocycles. The topological polar surface area (TPSA) is 53.2 Å². The van der Waals surface area contributed by atoms with Crippen molar-refractivity contribution in [1.82, 2.24) is 5.32 Å². The fourth-order valence-electron chi connectivity index (χ4n) is 3.81. The molecular weight excluding hydrogens is 250 g/mol. The van der Waals surface area contributed by atoms with Crippen LogP contribution in [0.5, 0.6) is 0 Å². The highest BCUT2D eigenvalue weighted by Gasteiger charge is 2.57. The minimum Gasteiger partial charge on any atom is -0.384 e. The molecule has 0 radical (unpaired) electrons. The van der Waals surface area contributed by atoms with Gasteiger partial charge in [0.05, 0.1) is 0 Å². The van der Waals surface area contributed by atoms with Gasteiger partial charge < -0.3 is 16.0 Å². The lowest BCUT2D eigenvalue weighted by molar-refractivity contribution is -0.118. The van der Waals surface area contributed by atoms with Crippen LogP contribution in [0.15, 0.2) is 18.2 Å². The SMILES string of the molecule is O=C(Nc1ccc2c(c1)CCN2)C1CC12CCNCC2. The molecule has 0 bridgehead atoms. The summed E-state index contributed by atoms with van der Waals surface area (Å²) in [5.41, 5.74) is 3.79. The number of anilines is 2. The number of rotatable bonds is 2. The Morgan fingerprint density at radius 1 is 1.25 bits per heavy atom. The number of nitrogens with one attached hydrogen (secondary N) is 3. The molecule has 1 aromatic rings. The third-order valence-electron chi connectivity index (χ3n) is 5.19. The van der Waals surface area contributed by atoms with E-state index in [1.54, 1.807) is 0 Å². The summed E-state index contributed by atoms with van der Waals surface area (Å²) in [6.45, 7) is 3.13. The van der Waals surface area contributed by atoms with Crippen LogP contribution in [0.2, 0.25) is 0 Å². The first kappa shape index (κ1) is 12.2. The van der Waals surface area contributed by atoms with Crippen molar-refractivity contribution in [3.8, 4) is 0 Å². The zero-order chi connectivity index (χ0) is 13.6. The summed E-state index contributed by atoms with van der Waals surface area (Å²) in [6.07, 6.45) is 4.43. The Labute approximate surface area is 119 Å². The highest BCUT2D eigenvalue weighted by molar-refractivity contribution is 5.95. The normalized spacial score (nSPS) is 25.9. The van der Waals surface area contributed by atoms with E-state index < -0.39 is 0 Å². The van der Waals surface area contributed by atoms with Gasteiger partial charge in [0.1, 0.15) is 0 Å². The van der Waals surface area contributed by atoms with Gasteiger partial charge in [0.25, 0.3) is 0 Å². The number of amides is 1. The molecule has 1 spiro atoms. The summed E-state index contributed by atoms with van der Waals surface area (Å²) < 4.78 is 0. The summed E-state index contributed by atoms with van der Waals surface area (Å²) >= 11 is 0. The molecule has 106 valence electrons. The van der Waals surface area contributed by atoms with Crippen LogP contribution >= 0.6 is 0 Å². The van der Waals surface area contributed by atoms with Crippen LogP contribution in [-0.4, -0.2) is 25.5 Å². The van der Waals surface area contributed by atoms with Gasteiger partial charge in [-0.25, -0.2) is 0 Å². The fraction of sp³-hybridized carbons (Fsp3) is 0.562. The molecule has 2 heterocycles. The van der Waals surface area contributed by atoms with Crippen LogP contribution in [0, 0.1) is 11.3 Å². The van der Waals surface area contributed by atoms with E-state index in [9.17, 15) is 4.79 Å². The maximum atomic E-state index is 12.4. The van der Waals surface area contributed by atoms with Gasteiger partial charge in [-0.1, -0.05) is 0 Å². The number of carbonyl (C=O) groups is 1. The molecule has 1 amide bonds. The van der Waals surface area contributed by atoms with Crippen molar-refractivity contribution >= 4 is 17.3 Å². The predicted octanol–water partition coefficient (Wildman–Crippen LogP) is 1.98. The van der Waals surface area contributed by atoms with Gasteiger partial charge in [-0.3, -0.25) is 4.79 Å². The Balaban J connectivity index is 1.43. The standard InChI is InChI=1S/C16H21N3O/c20-15(13-10-16(13)4-7-17-8-5-16)19-12-1-2-14-11(9-12)3-6-18-14/h1-2,9,13,17-18H,3-8,10H2,(H,19,20). The number of benzene rings is 1. The Hall–Kier alpha value is -1.55. The van der Waals surface area contributed by atoms with Crippen LogP contribution in [0.4, 0.5) is 11.4 Å². The van der Waals surface area contributed by atoms with Gasteiger partial charge in [-0.2, -0.15) is 0 Å². The number of fused-ring (bicyclic) bond motifs is 1. The van der Waals surface area contributed by atoms with Gasteiger partial charge in [0.2, 0.25) is 5.91 Å². The quantitative estimate of drug-likeness (QED) is 0.771. The van der Waals surface area contributed by atoms with E-state index in [0.29, 0.717) is 5.41 Å². The van der Waals surface area contributed by atoms with Crippen LogP contribution in [0.1, 0.15) is 24.8 Å². The first-order chi connectivity index (χ1) is 9.77. The summed E-state index contributed by atoms with van der Waals surface area (Å²) in [5, 5.41) is 9.84. The third-order valence-corrected chi connectivity index (χ3v) is 5.19. The lowest BCUT2D eigenvalue weighted by Gasteiger charge is -2.23. The molecule has 1 atom stereocenters. The minimum absolute atomic E-state index is 0.220. The lowest BCUT2D eigenvalue weighted by Crippen LogP contribution is -2.31. The molecule has 1 unspecified atom stereocenters. The molecule has 4 rings (SSSR count). The smallest absolute Gasteiger partial charge is 0.228 e. The van der Waals surface area contributed by atoms with Gasteiger partial charge in [-0.05, 0) is 68.0 Å². The molecule has 20 heavy (non-hydrogen) atoms. The Kier molecular flexibility index (Phi) is 2.74. The third kappa shape index (κ3) is 1.99. The molecule has 0 aromatic heterocycles. The van der Waals surface area contributed by atoms with E-state index in [1.165, 1.54) is 11.3 Å². The molecule has 1 aromatic carbocycles. The van der Waals surface area contributed by atoms with Gasteiger partial charge >= 0.3 is 0 Å². The number of piperidine rings is 1. The van der Waals surface area contributed by atoms with Gasteiger partial charge in [0.15, 0.2) is 0 Å². The molecular formula is C16H21N3O. The average molecular weight is 271 g/mol. The summed E-state index contributed by atoms with van der Waals surface area (Å²) in [5.74, 6) is 0.453. The van der Waals surface area contributed by atoms with Crippen LogP contribution in [-0.2, 0) is 11.2 Å². The monoisotopic (exact) mass is 271 g/mol. The molecule has 4 heteroatoms. The number of carbonyl (C=O) groups excluding carboxylic acids is 1. The average Bonchev–Trinajstić information content (AvgIpc) is 2.96. The molecule has 2 fully saturated rings. The van der Waals surface area contributed by atoms with E-state index in [1.807, 2.05) is 6.07 Å². The number of hydrogen-bond donors (Lipinski definition) is 3.